The van der Waals surface area contributed by atoms with Crippen LogP contribution in [0.3, 0.4) is 0 Å². The van der Waals surface area contributed by atoms with Crippen molar-refractivity contribution in [1.29, 1.82) is 0 Å². The van der Waals surface area contributed by atoms with E-state index in [9.17, 15) is 18.0 Å². The first kappa shape index (κ1) is 15.7. The summed E-state index contributed by atoms with van der Waals surface area (Å²) in [7, 11) is -2.81. The van der Waals surface area contributed by atoms with Crippen LogP contribution in [-0.2, 0) is 19.7 Å². The number of carbonyl (C=O) groups is 2. The van der Waals surface area contributed by atoms with Crippen molar-refractivity contribution in [2.24, 2.45) is 5.14 Å². The molecular weight excluding hydrogens is 250 g/mol. The lowest BCUT2D eigenvalue weighted by Gasteiger charge is -2.24. The highest BCUT2D eigenvalue weighted by molar-refractivity contribution is 7.87. The van der Waals surface area contributed by atoms with Crippen molar-refractivity contribution < 1.29 is 22.7 Å². The quantitative estimate of drug-likeness (QED) is 0.692. The molecule has 2 amide bonds. The van der Waals surface area contributed by atoms with E-state index in [2.05, 4.69) is 5.14 Å². The van der Waals surface area contributed by atoms with Crippen molar-refractivity contribution in [2.75, 3.05) is 13.6 Å². The summed E-state index contributed by atoms with van der Waals surface area (Å²) in [6.45, 7) is 4.54. The zero-order chi connectivity index (χ0) is 13.9. The van der Waals surface area contributed by atoms with Gasteiger partial charge in [0.25, 0.3) is 16.1 Å². The molecule has 0 aliphatic carbocycles. The Morgan fingerprint density at radius 2 is 1.82 bits per heavy atom. The lowest BCUT2D eigenvalue weighted by Crippen LogP contribution is -2.44. The van der Waals surface area contributed by atoms with Gasteiger partial charge in [0.1, 0.15) is 12.1 Å². The maximum Gasteiger partial charge on any atom is 0.410 e. The van der Waals surface area contributed by atoms with Crippen molar-refractivity contribution in [1.82, 2.24) is 9.62 Å². The summed E-state index contributed by atoms with van der Waals surface area (Å²) < 4.78 is 27.6. The van der Waals surface area contributed by atoms with Gasteiger partial charge in [-0.05, 0) is 20.8 Å². The standard InChI is InChI=1S/C8H17N3O5S/c1-8(2,3)16-7(13)11(4)5-6(12)10-17(9,14)15/h5H2,1-4H3,(H,10,12)(H2,9,14,15). The van der Waals surface area contributed by atoms with E-state index in [1.165, 1.54) is 11.8 Å². The highest BCUT2D eigenvalue weighted by Gasteiger charge is 2.21. The fourth-order valence-electron chi connectivity index (χ4n) is 0.811. The minimum atomic E-state index is -4.11. The number of rotatable bonds is 3. The summed E-state index contributed by atoms with van der Waals surface area (Å²) in [5.74, 6) is -0.916. The maximum atomic E-state index is 11.4. The number of carbonyl (C=O) groups excluding carboxylic acids is 2. The van der Waals surface area contributed by atoms with Crippen LogP contribution in [0.25, 0.3) is 0 Å². The largest absolute Gasteiger partial charge is 0.444 e. The molecular formula is C8H17N3O5S. The summed E-state index contributed by atoms with van der Waals surface area (Å²) in [6, 6.07) is 0. The van der Waals surface area contributed by atoms with Gasteiger partial charge in [0.2, 0.25) is 0 Å². The molecule has 0 aromatic rings. The van der Waals surface area contributed by atoms with E-state index in [0.29, 0.717) is 0 Å². The number of likely N-dealkylation sites (N-methyl/N-ethyl adjacent to an activating group) is 1. The fourth-order valence-corrected chi connectivity index (χ4v) is 1.19. The number of nitrogens with zero attached hydrogens (tertiary/aromatic N) is 1. The topological polar surface area (TPSA) is 119 Å². The Bertz CT molecular complexity index is 398. The van der Waals surface area contributed by atoms with Gasteiger partial charge in [-0.1, -0.05) is 0 Å². The number of hydrogen-bond donors (Lipinski definition) is 2. The minimum absolute atomic E-state index is 0.467. The van der Waals surface area contributed by atoms with Crippen LogP contribution in [0.2, 0.25) is 0 Å². The van der Waals surface area contributed by atoms with Gasteiger partial charge in [0.05, 0.1) is 0 Å². The number of nitrogens with two attached hydrogens (primary N) is 1. The molecule has 8 nitrogen and oxygen atoms in total. The molecule has 0 aromatic carbocycles. The summed E-state index contributed by atoms with van der Waals surface area (Å²) >= 11 is 0. The van der Waals surface area contributed by atoms with Gasteiger partial charge < -0.3 is 9.64 Å². The van der Waals surface area contributed by atoms with Gasteiger partial charge in [0.15, 0.2) is 0 Å². The molecule has 0 heterocycles. The summed E-state index contributed by atoms with van der Waals surface area (Å²) in [4.78, 5) is 23.5. The highest BCUT2D eigenvalue weighted by atomic mass is 32.2. The first-order chi connectivity index (χ1) is 7.41. The molecule has 0 aromatic heterocycles. The van der Waals surface area contributed by atoms with Gasteiger partial charge in [-0.15, -0.1) is 0 Å². The fraction of sp³-hybridized carbons (Fsp3) is 0.750. The molecule has 0 saturated carbocycles. The van der Waals surface area contributed by atoms with Gasteiger partial charge in [-0.25, -0.2) is 14.7 Å². The minimum Gasteiger partial charge on any atom is -0.444 e. The van der Waals surface area contributed by atoms with Crippen molar-refractivity contribution in [3.8, 4) is 0 Å². The smallest absolute Gasteiger partial charge is 0.410 e. The molecule has 0 saturated heterocycles. The Balaban J connectivity index is 4.31. The molecule has 3 N–H and O–H groups in total. The van der Waals surface area contributed by atoms with Crippen molar-refractivity contribution in [3.63, 3.8) is 0 Å². The van der Waals surface area contributed by atoms with Crippen molar-refractivity contribution >= 4 is 22.2 Å². The van der Waals surface area contributed by atoms with Gasteiger partial charge >= 0.3 is 6.09 Å². The van der Waals surface area contributed by atoms with E-state index < -0.39 is 34.4 Å². The average molecular weight is 267 g/mol. The molecule has 9 heteroatoms. The number of hydrogen-bond acceptors (Lipinski definition) is 5. The molecule has 0 spiro atoms. The second-order valence-electron chi connectivity index (χ2n) is 4.41. The van der Waals surface area contributed by atoms with E-state index in [1.54, 1.807) is 20.8 Å². The SMILES string of the molecule is CN(CC(=O)NS(N)(=O)=O)C(=O)OC(C)(C)C. The van der Waals surface area contributed by atoms with Crippen LogP contribution in [0.15, 0.2) is 0 Å². The van der Waals surface area contributed by atoms with Crippen LogP contribution in [0.4, 0.5) is 4.79 Å². The Labute approximate surface area is 100 Å². The van der Waals surface area contributed by atoms with Crippen LogP contribution in [-0.4, -0.2) is 44.5 Å². The third-order valence-corrected chi connectivity index (χ3v) is 1.85. The maximum absolute atomic E-state index is 11.4. The van der Waals surface area contributed by atoms with Gasteiger partial charge in [-0.3, -0.25) is 4.79 Å². The highest BCUT2D eigenvalue weighted by Crippen LogP contribution is 2.08. The Kier molecular flexibility index (Phi) is 4.90. The van der Waals surface area contributed by atoms with Crippen molar-refractivity contribution in [2.45, 2.75) is 26.4 Å². The average Bonchev–Trinajstić information content (AvgIpc) is 1.95. The van der Waals surface area contributed by atoms with E-state index in [-0.39, 0.29) is 0 Å². The molecule has 0 bridgehead atoms. The Morgan fingerprint density at radius 1 is 1.35 bits per heavy atom. The summed E-state index contributed by atoms with van der Waals surface area (Å²) in [5, 5.41) is 4.60. The van der Waals surface area contributed by atoms with Crippen LogP contribution >= 0.6 is 0 Å². The van der Waals surface area contributed by atoms with Crippen LogP contribution in [0.1, 0.15) is 20.8 Å². The predicted octanol–water partition coefficient (Wildman–Crippen LogP) is -0.827. The first-order valence-electron chi connectivity index (χ1n) is 4.68. The van der Waals surface area contributed by atoms with E-state index in [1.807, 2.05) is 0 Å². The molecule has 0 unspecified atom stereocenters. The number of ether oxygens (including phenoxy) is 1. The van der Waals surface area contributed by atoms with Crippen LogP contribution < -0.4 is 9.86 Å². The molecule has 0 rings (SSSR count). The van der Waals surface area contributed by atoms with Gasteiger partial charge in [0, 0.05) is 7.05 Å². The monoisotopic (exact) mass is 267 g/mol. The second kappa shape index (κ2) is 5.32. The lowest BCUT2D eigenvalue weighted by atomic mass is 10.2. The van der Waals surface area contributed by atoms with Crippen LogP contribution in [0, 0.1) is 0 Å². The number of amides is 2. The van der Waals surface area contributed by atoms with E-state index in [0.717, 1.165) is 4.90 Å². The predicted molar refractivity (Wildman–Crippen MR) is 60.1 cm³/mol. The normalized spacial score (nSPS) is 11.8. The van der Waals surface area contributed by atoms with Crippen LogP contribution in [0.5, 0.6) is 0 Å². The third kappa shape index (κ3) is 8.46. The molecule has 0 atom stereocenters. The molecule has 0 aliphatic heterocycles. The van der Waals surface area contributed by atoms with E-state index >= 15 is 0 Å². The second-order valence-corrected chi connectivity index (χ2v) is 5.70. The molecule has 100 valence electrons. The zero-order valence-corrected chi connectivity index (χ0v) is 11.0. The molecule has 0 aliphatic rings. The Hall–Kier alpha value is -1.35. The third-order valence-electron chi connectivity index (χ3n) is 1.34. The summed E-state index contributed by atoms with van der Waals surface area (Å²) in [6.07, 6.45) is -0.734. The first-order valence-corrected chi connectivity index (χ1v) is 6.23. The molecule has 0 radical (unpaired) electrons. The molecule has 17 heavy (non-hydrogen) atoms. The number of nitrogens with one attached hydrogen (secondary N) is 1. The molecule has 0 fully saturated rings. The summed E-state index contributed by atoms with van der Waals surface area (Å²) in [5.41, 5.74) is -0.693. The van der Waals surface area contributed by atoms with Gasteiger partial charge in [-0.2, -0.15) is 8.42 Å². The lowest BCUT2D eigenvalue weighted by molar-refractivity contribution is -0.120. The van der Waals surface area contributed by atoms with E-state index in [4.69, 9.17) is 4.74 Å². The van der Waals surface area contributed by atoms with Crippen molar-refractivity contribution in [3.05, 3.63) is 0 Å². The zero-order valence-electron chi connectivity index (χ0n) is 10.2. The Morgan fingerprint density at radius 3 is 2.18 bits per heavy atom.